The van der Waals surface area contributed by atoms with Crippen LogP contribution in [0.1, 0.15) is 35.3 Å². The Morgan fingerprint density at radius 2 is 1.94 bits per heavy atom. The van der Waals surface area contributed by atoms with E-state index in [4.69, 9.17) is 17.3 Å². The van der Waals surface area contributed by atoms with Gasteiger partial charge in [-0.15, -0.1) is 0 Å². The molecule has 36 heavy (non-hydrogen) atoms. The number of nitrogens with one attached hydrogen (secondary N) is 1. The van der Waals surface area contributed by atoms with Crippen LogP contribution >= 0.6 is 11.6 Å². The number of nitrogens with two attached hydrogens (primary N) is 1. The van der Waals surface area contributed by atoms with Gasteiger partial charge >= 0.3 is 12.2 Å². The van der Waals surface area contributed by atoms with Crippen LogP contribution in [0.5, 0.6) is 0 Å². The number of urea groups is 1. The Morgan fingerprint density at radius 3 is 2.56 bits per heavy atom. The van der Waals surface area contributed by atoms with E-state index in [0.29, 0.717) is 10.6 Å². The van der Waals surface area contributed by atoms with E-state index >= 15 is 0 Å². The van der Waals surface area contributed by atoms with Crippen LogP contribution in [-0.2, 0) is 12.7 Å². The van der Waals surface area contributed by atoms with Gasteiger partial charge in [-0.25, -0.2) is 9.78 Å². The van der Waals surface area contributed by atoms with Crippen molar-refractivity contribution in [2.45, 2.75) is 32.1 Å². The first-order chi connectivity index (χ1) is 16.8. The SMILES string of the molecule is CC1(C)CN(c2ncc(C(=O)N(Cc3cccc(Cl)c3)c3cccc(C(F)(F)F)c3)c(N)n2)C(=O)N1. The first-order valence-electron chi connectivity index (χ1n) is 10.8. The molecule has 3 amide bonds. The van der Waals surface area contributed by atoms with E-state index in [1.54, 1.807) is 24.3 Å². The number of carbonyl (C=O) groups is 2. The molecule has 0 unspecified atom stereocenters. The van der Waals surface area contributed by atoms with Crippen LogP contribution in [0.3, 0.4) is 0 Å². The number of nitrogen functional groups attached to an aromatic ring is 1. The molecular weight excluding hydrogens is 497 g/mol. The number of aromatic nitrogens is 2. The van der Waals surface area contributed by atoms with Crippen LogP contribution in [0, 0.1) is 0 Å². The average molecular weight is 519 g/mol. The first kappa shape index (κ1) is 25.2. The number of amides is 3. The highest BCUT2D eigenvalue weighted by Crippen LogP contribution is 2.33. The van der Waals surface area contributed by atoms with Crippen molar-refractivity contribution in [1.29, 1.82) is 0 Å². The summed E-state index contributed by atoms with van der Waals surface area (Å²) in [6.07, 6.45) is -3.44. The number of halogens is 4. The van der Waals surface area contributed by atoms with Gasteiger partial charge in [0.15, 0.2) is 0 Å². The predicted molar refractivity (Wildman–Crippen MR) is 130 cm³/mol. The molecule has 1 aliphatic rings. The minimum Gasteiger partial charge on any atom is -0.383 e. The third-order valence-electron chi connectivity index (χ3n) is 5.48. The van der Waals surface area contributed by atoms with Gasteiger partial charge in [-0.05, 0) is 49.7 Å². The molecule has 4 rings (SSSR count). The number of benzene rings is 2. The molecule has 0 saturated carbocycles. The van der Waals surface area contributed by atoms with E-state index in [-0.39, 0.29) is 36.1 Å². The molecule has 1 saturated heterocycles. The Balaban J connectivity index is 1.72. The molecule has 3 N–H and O–H groups in total. The summed E-state index contributed by atoms with van der Waals surface area (Å²) in [5.74, 6) is -0.928. The summed E-state index contributed by atoms with van der Waals surface area (Å²) in [6.45, 7) is 3.85. The van der Waals surface area contributed by atoms with Gasteiger partial charge in [-0.2, -0.15) is 18.2 Å². The lowest BCUT2D eigenvalue weighted by molar-refractivity contribution is -0.137. The third kappa shape index (κ3) is 5.35. The van der Waals surface area contributed by atoms with Gasteiger partial charge in [0.05, 0.1) is 24.2 Å². The van der Waals surface area contributed by atoms with Crippen molar-refractivity contribution < 1.29 is 22.8 Å². The van der Waals surface area contributed by atoms with Gasteiger partial charge < -0.3 is 16.0 Å². The van der Waals surface area contributed by atoms with Gasteiger partial charge in [0.25, 0.3) is 5.91 Å². The van der Waals surface area contributed by atoms with Crippen molar-refractivity contribution in [3.63, 3.8) is 0 Å². The molecule has 0 radical (unpaired) electrons. The zero-order valence-electron chi connectivity index (χ0n) is 19.3. The smallest absolute Gasteiger partial charge is 0.383 e. The van der Waals surface area contributed by atoms with Crippen molar-refractivity contribution in [3.05, 3.63) is 76.4 Å². The fraction of sp³-hybridized carbons (Fsp3) is 0.250. The normalized spacial score (nSPS) is 15.1. The highest BCUT2D eigenvalue weighted by atomic mass is 35.5. The monoisotopic (exact) mass is 518 g/mol. The summed E-state index contributed by atoms with van der Waals surface area (Å²) >= 11 is 6.06. The van der Waals surface area contributed by atoms with Crippen LogP contribution in [0.15, 0.2) is 54.7 Å². The maximum absolute atomic E-state index is 13.6. The molecule has 8 nitrogen and oxygen atoms in total. The number of nitrogens with zero attached hydrogens (tertiary/aromatic N) is 4. The quantitative estimate of drug-likeness (QED) is 0.500. The second kappa shape index (κ2) is 9.30. The Morgan fingerprint density at radius 1 is 1.22 bits per heavy atom. The lowest BCUT2D eigenvalue weighted by Gasteiger charge is -2.25. The molecule has 2 aromatic carbocycles. The maximum atomic E-state index is 13.6. The molecule has 188 valence electrons. The molecule has 0 spiro atoms. The topological polar surface area (TPSA) is 104 Å². The van der Waals surface area contributed by atoms with Crippen molar-refractivity contribution in [1.82, 2.24) is 15.3 Å². The van der Waals surface area contributed by atoms with Gasteiger partial charge in [0, 0.05) is 16.9 Å². The zero-order chi connectivity index (χ0) is 26.3. The number of anilines is 3. The summed E-state index contributed by atoms with van der Waals surface area (Å²) < 4.78 is 40.1. The second-order valence-corrected chi connectivity index (χ2v) is 9.37. The van der Waals surface area contributed by atoms with Crippen molar-refractivity contribution in [2.24, 2.45) is 0 Å². The van der Waals surface area contributed by atoms with Crippen molar-refractivity contribution in [2.75, 3.05) is 22.1 Å². The largest absolute Gasteiger partial charge is 0.416 e. The molecule has 0 bridgehead atoms. The molecule has 1 aliphatic heterocycles. The first-order valence-corrected chi connectivity index (χ1v) is 11.2. The molecular formula is C24H22ClF3N6O2. The molecule has 12 heteroatoms. The zero-order valence-corrected chi connectivity index (χ0v) is 20.1. The van der Waals surface area contributed by atoms with Crippen LogP contribution in [0.4, 0.5) is 35.4 Å². The molecule has 1 fully saturated rings. The number of carbonyl (C=O) groups excluding carboxylic acids is 2. The van der Waals surface area contributed by atoms with Crippen molar-refractivity contribution in [3.8, 4) is 0 Å². The summed E-state index contributed by atoms with van der Waals surface area (Å²) in [7, 11) is 0. The standard InChI is InChI=1S/C24H22ClF3N6O2/c1-23(2)13-34(22(36)32-23)21-30-11-18(19(29)31-21)20(35)33(12-14-5-3-7-16(25)9-14)17-8-4-6-15(10-17)24(26,27)28/h3-11H,12-13H2,1-2H3,(H,32,36)(H2,29,30,31). The van der Waals surface area contributed by atoms with Crippen molar-refractivity contribution >= 4 is 41.0 Å². The van der Waals surface area contributed by atoms with E-state index in [0.717, 1.165) is 23.2 Å². The molecule has 1 aromatic heterocycles. The summed E-state index contributed by atoms with van der Waals surface area (Å²) in [5.41, 5.74) is 5.11. The van der Waals surface area contributed by atoms with Gasteiger partial charge in [0.1, 0.15) is 11.4 Å². The molecule has 0 aliphatic carbocycles. The second-order valence-electron chi connectivity index (χ2n) is 8.94. The minimum atomic E-state index is -4.60. The minimum absolute atomic E-state index is 0.000975. The van der Waals surface area contributed by atoms with Gasteiger partial charge in [-0.1, -0.05) is 29.8 Å². The Bertz CT molecular complexity index is 1330. The highest BCUT2D eigenvalue weighted by Gasteiger charge is 2.37. The van der Waals surface area contributed by atoms with Crippen LogP contribution < -0.4 is 20.9 Å². The average Bonchev–Trinajstić information content (AvgIpc) is 3.08. The van der Waals surface area contributed by atoms with E-state index in [1.165, 1.54) is 17.0 Å². The van der Waals surface area contributed by atoms with Gasteiger partial charge in [0.2, 0.25) is 5.95 Å². The maximum Gasteiger partial charge on any atom is 0.416 e. The summed E-state index contributed by atoms with van der Waals surface area (Å²) in [4.78, 5) is 36.5. The van der Waals surface area contributed by atoms with E-state index in [1.807, 2.05) is 13.8 Å². The number of alkyl halides is 3. The summed E-state index contributed by atoms with van der Waals surface area (Å²) in [5, 5.41) is 3.18. The number of hydrogen-bond acceptors (Lipinski definition) is 5. The van der Waals surface area contributed by atoms with Crippen LogP contribution in [0.25, 0.3) is 0 Å². The lowest BCUT2D eigenvalue weighted by atomic mass is 10.1. The Hall–Kier alpha value is -3.86. The lowest BCUT2D eigenvalue weighted by Crippen LogP contribution is -2.36. The predicted octanol–water partition coefficient (Wildman–Crippen LogP) is 4.89. The number of rotatable bonds is 5. The van der Waals surface area contributed by atoms with Crippen LogP contribution in [0.2, 0.25) is 5.02 Å². The van der Waals surface area contributed by atoms with Crippen LogP contribution in [-0.4, -0.2) is 34.0 Å². The number of hydrogen-bond donors (Lipinski definition) is 2. The van der Waals surface area contributed by atoms with E-state index < -0.39 is 29.2 Å². The fourth-order valence-electron chi connectivity index (χ4n) is 3.80. The van der Waals surface area contributed by atoms with Gasteiger partial charge in [-0.3, -0.25) is 9.69 Å². The van der Waals surface area contributed by atoms with E-state index in [9.17, 15) is 22.8 Å². The Labute approximate surface area is 209 Å². The summed E-state index contributed by atoms with van der Waals surface area (Å²) in [6, 6.07) is 10.6. The van der Waals surface area contributed by atoms with E-state index in [2.05, 4.69) is 15.3 Å². The fourth-order valence-corrected chi connectivity index (χ4v) is 4.01. The molecule has 0 atom stereocenters. The Kier molecular flexibility index (Phi) is 6.52. The highest BCUT2D eigenvalue weighted by molar-refractivity contribution is 6.30. The molecule has 3 aromatic rings. The third-order valence-corrected chi connectivity index (χ3v) is 5.72. The molecule has 2 heterocycles.